The third kappa shape index (κ3) is 4.37. The molecule has 0 amide bonds. The predicted molar refractivity (Wildman–Crippen MR) is 183 cm³/mol. The molecule has 1 N–H and O–H groups in total. The van der Waals surface area contributed by atoms with Gasteiger partial charge in [-0.05, 0) is 47.2 Å². The lowest BCUT2D eigenvalue weighted by molar-refractivity contribution is -0.439. The molecule has 1 aliphatic heterocycles. The fraction of sp³-hybridized carbons (Fsp3) is 0.293. The fourth-order valence-corrected chi connectivity index (χ4v) is 8.20. The van der Waals surface area contributed by atoms with Gasteiger partial charge in [0.1, 0.15) is 12.5 Å². The summed E-state index contributed by atoms with van der Waals surface area (Å²) in [5.74, 6) is -0.378. The number of para-hydroxylation sites is 1. The topological polar surface area (TPSA) is 52.9 Å². The summed E-state index contributed by atoms with van der Waals surface area (Å²) in [6, 6.07) is 31.4. The van der Waals surface area contributed by atoms with Gasteiger partial charge in [-0.1, -0.05) is 106 Å². The summed E-state index contributed by atoms with van der Waals surface area (Å²) < 4.78 is 2.47. The molecule has 3 aliphatic rings. The Bertz CT molecular complexity index is 2040. The summed E-state index contributed by atoms with van der Waals surface area (Å²) >= 11 is 0. The molecule has 2 aliphatic carbocycles. The molecule has 2 fully saturated rings. The van der Waals surface area contributed by atoms with Crippen LogP contribution in [0, 0.1) is 5.92 Å². The highest BCUT2D eigenvalue weighted by Crippen LogP contribution is 2.51. The Hall–Kier alpha value is -4.57. The molecule has 4 aromatic carbocycles. The van der Waals surface area contributed by atoms with E-state index >= 15 is 0 Å². The van der Waals surface area contributed by atoms with Crippen LogP contribution in [-0.2, 0) is 15.0 Å². The Morgan fingerprint density at radius 3 is 2.24 bits per heavy atom. The Kier molecular flexibility index (Phi) is 6.71. The molecule has 1 spiro atoms. The number of hydrogen-bond donors (Lipinski definition) is 1. The van der Waals surface area contributed by atoms with Crippen molar-refractivity contribution in [3.63, 3.8) is 0 Å². The first-order valence-corrected chi connectivity index (χ1v) is 16.6. The predicted octanol–water partition coefficient (Wildman–Crippen LogP) is 9.20. The second-order valence-electron chi connectivity index (χ2n) is 13.6. The van der Waals surface area contributed by atoms with E-state index in [9.17, 15) is 9.59 Å². The number of carbonyl (C=O) groups is 2. The van der Waals surface area contributed by atoms with E-state index in [2.05, 4.69) is 59.8 Å². The van der Waals surface area contributed by atoms with Crippen molar-refractivity contribution in [3.8, 4) is 11.3 Å². The number of allylic oxidation sites excluding steroid dienone is 2. The quantitative estimate of drug-likeness (QED) is 0.0926. The first-order chi connectivity index (χ1) is 22.0. The van der Waals surface area contributed by atoms with Gasteiger partial charge in [0.2, 0.25) is 5.69 Å². The van der Waals surface area contributed by atoms with Gasteiger partial charge in [-0.2, -0.15) is 4.58 Å². The molecule has 2 heterocycles. The monoisotopic (exact) mass is 591 g/mol. The number of aromatic amines is 1. The van der Waals surface area contributed by atoms with E-state index in [1.54, 1.807) is 0 Å². The average molecular weight is 592 g/mol. The van der Waals surface area contributed by atoms with Crippen LogP contribution in [0.3, 0.4) is 0 Å². The van der Waals surface area contributed by atoms with Gasteiger partial charge in [0.25, 0.3) is 0 Å². The second-order valence-corrected chi connectivity index (χ2v) is 13.6. The average Bonchev–Trinajstić information content (AvgIpc) is 3.55. The zero-order valence-electron chi connectivity index (χ0n) is 26.1. The van der Waals surface area contributed by atoms with Crippen LogP contribution in [0.15, 0.2) is 103 Å². The first-order valence-electron chi connectivity index (χ1n) is 16.6. The molecule has 0 unspecified atom stereocenters. The van der Waals surface area contributed by atoms with Gasteiger partial charge >= 0.3 is 0 Å². The van der Waals surface area contributed by atoms with Gasteiger partial charge < -0.3 is 4.98 Å². The smallest absolute Gasteiger partial charge is 0.210 e. The molecule has 0 radical (unpaired) electrons. The second kappa shape index (κ2) is 10.8. The summed E-state index contributed by atoms with van der Waals surface area (Å²) in [4.78, 5) is 32.0. The first kappa shape index (κ1) is 27.9. The number of hydrogen-bond acceptors (Lipinski definition) is 2. The number of aromatic nitrogens is 1. The molecule has 1 aromatic heterocycles. The van der Waals surface area contributed by atoms with Crippen molar-refractivity contribution in [1.29, 1.82) is 0 Å². The highest BCUT2D eigenvalue weighted by atomic mass is 16.2. The minimum absolute atomic E-state index is 0.0645. The standard InChI is InChI=1S/C41H38N2O2/c1-26(2)19-22-43-34-24-29-16-8-7-15-28(29)23-32(34)41(20-11-4-12-21-41)35(43)25-31-39(44)37(40(31)45)36-30-17-9-10-18-33(30)42-38(36)27-13-5-3-6-14-27/h3,5-10,13-18,23-26,37H,4,11-12,19-22H2,1-2H3/p+1. The van der Waals surface area contributed by atoms with Crippen LogP contribution in [0.4, 0.5) is 5.69 Å². The maximum atomic E-state index is 14.3. The normalized spacial score (nSPS) is 19.2. The largest absolute Gasteiger partial charge is 0.354 e. The molecule has 2 saturated carbocycles. The highest BCUT2D eigenvalue weighted by molar-refractivity contribution is 6.44. The van der Waals surface area contributed by atoms with E-state index in [1.807, 2.05) is 60.7 Å². The molecule has 224 valence electrons. The molecule has 0 atom stereocenters. The number of nitrogens with zero attached hydrogens (tertiary/aromatic N) is 1. The third-order valence-electron chi connectivity index (χ3n) is 10.5. The third-order valence-corrected chi connectivity index (χ3v) is 10.5. The summed E-state index contributed by atoms with van der Waals surface area (Å²) in [6.07, 6.45) is 8.67. The molecule has 8 rings (SSSR count). The number of nitrogens with one attached hydrogen (secondary N) is 1. The maximum Gasteiger partial charge on any atom is 0.210 e. The van der Waals surface area contributed by atoms with Gasteiger partial charge in [-0.25, -0.2) is 0 Å². The van der Waals surface area contributed by atoms with E-state index in [-0.39, 0.29) is 17.0 Å². The number of ketones is 2. The SMILES string of the molecule is CC(C)CC[N+]1=C(C=C2C(=O)C(c3c(-c4ccccc4)[nH]c4ccccc34)C2=O)C2(CCCCC2)c2cc3ccccc3cc21. The minimum Gasteiger partial charge on any atom is -0.354 e. The van der Waals surface area contributed by atoms with Crippen molar-refractivity contribution in [3.05, 3.63) is 114 Å². The highest BCUT2D eigenvalue weighted by Gasteiger charge is 2.54. The summed E-state index contributed by atoms with van der Waals surface area (Å²) in [5.41, 5.74) is 7.55. The van der Waals surface area contributed by atoms with Gasteiger partial charge in [0.15, 0.2) is 17.3 Å². The lowest BCUT2D eigenvalue weighted by atomic mass is 9.65. The zero-order chi connectivity index (χ0) is 30.7. The Morgan fingerprint density at radius 2 is 1.51 bits per heavy atom. The van der Waals surface area contributed by atoms with Crippen LogP contribution in [0.5, 0.6) is 0 Å². The van der Waals surface area contributed by atoms with E-state index in [4.69, 9.17) is 0 Å². The summed E-state index contributed by atoms with van der Waals surface area (Å²) in [6.45, 7) is 5.40. The van der Waals surface area contributed by atoms with Gasteiger partial charge in [0.05, 0.1) is 16.7 Å². The number of benzene rings is 4. The molecule has 0 bridgehead atoms. The maximum absolute atomic E-state index is 14.3. The number of fused-ring (bicyclic) bond motifs is 4. The molecular weight excluding hydrogens is 552 g/mol. The van der Waals surface area contributed by atoms with Crippen LogP contribution >= 0.6 is 0 Å². The van der Waals surface area contributed by atoms with Crippen LogP contribution in [0.2, 0.25) is 0 Å². The van der Waals surface area contributed by atoms with Crippen molar-refractivity contribution in [2.45, 2.75) is 63.7 Å². The number of rotatable bonds is 6. The fourth-order valence-electron chi connectivity index (χ4n) is 8.20. The van der Waals surface area contributed by atoms with E-state index in [0.29, 0.717) is 11.5 Å². The van der Waals surface area contributed by atoms with Crippen molar-refractivity contribution < 1.29 is 14.2 Å². The molecule has 4 heteroatoms. The van der Waals surface area contributed by atoms with Crippen molar-refractivity contribution in [2.75, 3.05) is 6.54 Å². The van der Waals surface area contributed by atoms with Crippen molar-refractivity contribution in [2.24, 2.45) is 5.92 Å². The lowest BCUT2D eigenvalue weighted by Gasteiger charge is -2.33. The summed E-state index contributed by atoms with van der Waals surface area (Å²) in [7, 11) is 0. The van der Waals surface area contributed by atoms with Crippen LogP contribution < -0.4 is 0 Å². The lowest BCUT2D eigenvalue weighted by Crippen LogP contribution is -2.42. The zero-order valence-corrected chi connectivity index (χ0v) is 26.1. The van der Waals surface area contributed by atoms with E-state index in [1.165, 1.54) is 28.4 Å². The van der Waals surface area contributed by atoms with Crippen LogP contribution in [-0.4, -0.2) is 33.4 Å². The van der Waals surface area contributed by atoms with Crippen molar-refractivity contribution in [1.82, 2.24) is 4.98 Å². The molecule has 5 aromatic rings. The van der Waals surface area contributed by atoms with Crippen LogP contribution in [0.1, 0.15) is 69.4 Å². The van der Waals surface area contributed by atoms with E-state index in [0.717, 1.165) is 72.1 Å². The van der Waals surface area contributed by atoms with Crippen LogP contribution in [0.25, 0.3) is 32.9 Å². The Balaban J connectivity index is 1.27. The number of carbonyl (C=O) groups excluding carboxylic acids is 2. The molecule has 0 saturated heterocycles. The Labute approximate surface area is 264 Å². The van der Waals surface area contributed by atoms with Gasteiger partial charge in [-0.15, -0.1) is 0 Å². The Morgan fingerprint density at radius 1 is 0.844 bits per heavy atom. The summed E-state index contributed by atoms with van der Waals surface area (Å²) in [5, 5.41) is 3.42. The number of H-pyrrole nitrogens is 1. The van der Waals surface area contributed by atoms with E-state index < -0.39 is 5.92 Å². The van der Waals surface area contributed by atoms with Gasteiger partial charge in [0, 0.05) is 40.6 Å². The molecule has 4 nitrogen and oxygen atoms in total. The molecular formula is C41H39N2O2+. The minimum atomic E-state index is -0.791. The van der Waals surface area contributed by atoms with Crippen molar-refractivity contribution >= 4 is 44.6 Å². The number of Topliss-reactive ketones (excluding diaryl/α,β-unsaturated/α-hetero) is 2. The van der Waals surface area contributed by atoms with Gasteiger partial charge in [-0.3, -0.25) is 9.59 Å². The molecule has 45 heavy (non-hydrogen) atoms.